The lowest BCUT2D eigenvalue weighted by Gasteiger charge is -2.06. The largest absolute Gasteiger partial charge is 0.450 e. The average Bonchev–Trinajstić information content (AvgIpc) is 3.10. The second-order valence-corrected chi connectivity index (χ2v) is 5.38. The molecule has 0 saturated heterocycles. The highest BCUT2D eigenvalue weighted by atomic mass is 19.1. The fraction of sp³-hybridized carbons (Fsp3) is 0.278. The predicted octanol–water partition coefficient (Wildman–Crippen LogP) is 2.87. The molecule has 138 valence electrons. The summed E-state index contributed by atoms with van der Waals surface area (Å²) in [5.74, 6) is -2.17. The molecule has 0 unspecified atom stereocenters. The van der Waals surface area contributed by atoms with E-state index in [1.807, 2.05) is 12.2 Å². The zero-order valence-corrected chi connectivity index (χ0v) is 14.2. The van der Waals surface area contributed by atoms with Crippen molar-refractivity contribution in [2.45, 2.75) is 19.8 Å². The first-order chi connectivity index (χ1) is 12.5. The molecule has 1 heterocycles. The van der Waals surface area contributed by atoms with Crippen LogP contribution in [0.2, 0.25) is 0 Å². The van der Waals surface area contributed by atoms with Crippen molar-refractivity contribution in [3.63, 3.8) is 0 Å². The zero-order valence-electron chi connectivity index (χ0n) is 14.2. The van der Waals surface area contributed by atoms with Crippen molar-refractivity contribution >= 4 is 17.9 Å². The summed E-state index contributed by atoms with van der Waals surface area (Å²) in [6.45, 7) is 1.77. The van der Waals surface area contributed by atoms with Crippen LogP contribution in [0.3, 0.4) is 0 Å². The van der Waals surface area contributed by atoms with Gasteiger partial charge in [0, 0.05) is 6.54 Å². The number of benzene rings is 1. The normalized spacial score (nSPS) is 10.2. The van der Waals surface area contributed by atoms with Crippen LogP contribution < -0.4 is 10.6 Å². The molecule has 2 aromatic rings. The van der Waals surface area contributed by atoms with Gasteiger partial charge in [-0.2, -0.15) is 0 Å². The number of amides is 3. The van der Waals surface area contributed by atoms with Gasteiger partial charge in [0.25, 0.3) is 5.91 Å². The second-order valence-electron chi connectivity index (χ2n) is 5.38. The third kappa shape index (κ3) is 5.44. The number of furan rings is 1. The Balaban J connectivity index is 1.84. The molecule has 1 aromatic heterocycles. The number of nitrogens with one attached hydrogen (secondary N) is 2. The van der Waals surface area contributed by atoms with E-state index in [2.05, 4.69) is 5.32 Å². The van der Waals surface area contributed by atoms with E-state index in [0.717, 1.165) is 12.8 Å². The van der Waals surface area contributed by atoms with E-state index in [1.54, 1.807) is 6.07 Å². The smallest absolute Gasteiger partial charge is 0.374 e. The molecule has 0 aliphatic heterocycles. The topological polar surface area (TPSA) is 97.6 Å². The quantitative estimate of drug-likeness (QED) is 0.583. The van der Waals surface area contributed by atoms with Gasteiger partial charge in [-0.05, 0) is 30.7 Å². The van der Waals surface area contributed by atoms with Crippen LogP contribution in [0.25, 0.3) is 11.3 Å². The molecule has 3 amide bonds. The number of urea groups is 1. The van der Waals surface area contributed by atoms with Gasteiger partial charge >= 0.3 is 12.0 Å². The van der Waals surface area contributed by atoms with Crippen LogP contribution in [0.4, 0.5) is 9.18 Å². The Labute approximate surface area is 149 Å². The predicted molar refractivity (Wildman–Crippen MR) is 90.8 cm³/mol. The molecular weight excluding hydrogens is 343 g/mol. The van der Waals surface area contributed by atoms with E-state index in [1.165, 1.54) is 30.3 Å². The Bertz CT molecular complexity index is 787. The Hall–Kier alpha value is -3.16. The highest BCUT2D eigenvalue weighted by molar-refractivity contribution is 5.96. The number of carbonyl (C=O) groups is 3. The lowest BCUT2D eigenvalue weighted by molar-refractivity contribution is -0.123. The molecule has 26 heavy (non-hydrogen) atoms. The number of halogens is 1. The molecule has 0 fully saturated rings. The number of ether oxygens (including phenoxy) is 1. The van der Waals surface area contributed by atoms with Crippen molar-refractivity contribution in [1.29, 1.82) is 0 Å². The third-order valence-corrected chi connectivity index (χ3v) is 3.35. The highest BCUT2D eigenvalue weighted by Crippen LogP contribution is 2.24. The number of imide groups is 1. The lowest BCUT2D eigenvalue weighted by Crippen LogP contribution is -2.41. The zero-order chi connectivity index (χ0) is 18.9. The lowest BCUT2D eigenvalue weighted by atomic mass is 10.1. The van der Waals surface area contributed by atoms with Gasteiger partial charge in [-0.15, -0.1) is 0 Å². The number of esters is 1. The Morgan fingerprint density at radius 3 is 2.65 bits per heavy atom. The van der Waals surface area contributed by atoms with E-state index >= 15 is 0 Å². The fourth-order valence-corrected chi connectivity index (χ4v) is 2.04. The van der Waals surface area contributed by atoms with E-state index in [-0.39, 0.29) is 17.1 Å². The SMILES string of the molecule is CCCCNC(=O)NC(=O)COC(=O)c1ccc(-c2ccccc2F)o1. The van der Waals surface area contributed by atoms with Crippen LogP contribution in [0.15, 0.2) is 40.8 Å². The van der Waals surface area contributed by atoms with Crippen molar-refractivity contribution in [2.24, 2.45) is 0 Å². The molecule has 0 spiro atoms. The number of rotatable bonds is 7. The minimum Gasteiger partial charge on any atom is -0.450 e. The molecular formula is C18H19FN2O5. The maximum atomic E-state index is 13.7. The Morgan fingerprint density at radius 2 is 1.92 bits per heavy atom. The molecule has 2 N–H and O–H groups in total. The molecule has 8 heteroatoms. The van der Waals surface area contributed by atoms with Crippen LogP contribution in [-0.2, 0) is 9.53 Å². The molecule has 0 saturated carbocycles. The Morgan fingerprint density at radius 1 is 1.15 bits per heavy atom. The van der Waals surface area contributed by atoms with Gasteiger partial charge in [-0.3, -0.25) is 10.1 Å². The minimum atomic E-state index is -0.894. The summed E-state index contributed by atoms with van der Waals surface area (Å²) in [5.41, 5.74) is 0.202. The highest BCUT2D eigenvalue weighted by Gasteiger charge is 2.17. The number of unbranched alkanes of at least 4 members (excludes halogenated alkanes) is 1. The van der Waals surface area contributed by atoms with Crippen LogP contribution >= 0.6 is 0 Å². The maximum absolute atomic E-state index is 13.7. The van der Waals surface area contributed by atoms with Crippen LogP contribution in [0, 0.1) is 5.82 Å². The van der Waals surface area contributed by atoms with E-state index in [0.29, 0.717) is 6.54 Å². The molecule has 0 bridgehead atoms. The maximum Gasteiger partial charge on any atom is 0.374 e. The van der Waals surface area contributed by atoms with Crippen molar-refractivity contribution in [1.82, 2.24) is 10.6 Å². The van der Waals surface area contributed by atoms with Gasteiger partial charge in [-0.25, -0.2) is 14.0 Å². The van der Waals surface area contributed by atoms with Crippen molar-refractivity contribution in [3.05, 3.63) is 48.0 Å². The van der Waals surface area contributed by atoms with E-state index in [4.69, 9.17) is 9.15 Å². The average molecular weight is 362 g/mol. The first kappa shape index (κ1) is 19.2. The van der Waals surface area contributed by atoms with Gasteiger partial charge in [-0.1, -0.05) is 25.5 Å². The summed E-state index contributed by atoms with van der Waals surface area (Å²) < 4.78 is 23.7. The van der Waals surface area contributed by atoms with Gasteiger partial charge < -0.3 is 14.5 Å². The molecule has 0 aliphatic rings. The summed E-state index contributed by atoms with van der Waals surface area (Å²) in [6, 6.07) is 8.04. The summed E-state index contributed by atoms with van der Waals surface area (Å²) in [6.07, 6.45) is 1.70. The van der Waals surface area contributed by atoms with Crippen molar-refractivity contribution < 1.29 is 27.9 Å². The van der Waals surface area contributed by atoms with Gasteiger partial charge in [0.1, 0.15) is 11.6 Å². The molecule has 2 rings (SSSR count). The summed E-state index contributed by atoms with van der Waals surface area (Å²) in [7, 11) is 0. The monoisotopic (exact) mass is 362 g/mol. The number of carbonyl (C=O) groups excluding carboxylic acids is 3. The first-order valence-corrected chi connectivity index (χ1v) is 8.10. The van der Waals surface area contributed by atoms with Crippen LogP contribution in [-0.4, -0.2) is 31.1 Å². The van der Waals surface area contributed by atoms with Gasteiger partial charge in [0.2, 0.25) is 5.76 Å². The van der Waals surface area contributed by atoms with E-state index in [9.17, 15) is 18.8 Å². The van der Waals surface area contributed by atoms with Crippen LogP contribution in [0.5, 0.6) is 0 Å². The minimum absolute atomic E-state index is 0.162. The molecule has 7 nitrogen and oxygen atoms in total. The van der Waals surface area contributed by atoms with Crippen LogP contribution in [0.1, 0.15) is 30.3 Å². The summed E-state index contributed by atoms with van der Waals surface area (Å²) in [4.78, 5) is 34.8. The summed E-state index contributed by atoms with van der Waals surface area (Å²) in [5, 5.41) is 4.53. The summed E-state index contributed by atoms with van der Waals surface area (Å²) >= 11 is 0. The molecule has 0 aliphatic carbocycles. The number of hydrogen-bond acceptors (Lipinski definition) is 5. The second kappa shape index (κ2) is 9.36. The fourth-order valence-electron chi connectivity index (χ4n) is 2.04. The molecule has 1 aromatic carbocycles. The number of hydrogen-bond donors (Lipinski definition) is 2. The van der Waals surface area contributed by atoms with Crippen molar-refractivity contribution in [3.8, 4) is 11.3 Å². The molecule has 0 radical (unpaired) electrons. The first-order valence-electron chi connectivity index (χ1n) is 8.10. The van der Waals surface area contributed by atoms with E-state index < -0.39 is 30.3 Å². The van der Waals surface area contributed by atoms with Crippen molar-refractivity contribution in [2.75, 3.05) is 13.2 Å². The Kier molecular flexibility index (Phi) is 6.90. The third-order valence-electron chi connectivity index (χ3n) is 3.35. The standard InChI is InChI=1S/C18H19FN2O5/c1-2-3-10-20-18(24)21-16(22)11-25-17(23)15-9-8-14(26-15)12-6-4-5-7-13(12)19/h4-9H,2-3,10-11H2,1H3,(H2,20,21,22,24). The molecule has 0 atom stereocenters. The van der Waals surface area contributed by atoms with Gasteiger partial charge in [0.05, 0.1) is 5.56 Å². The van der Waals surface area contributed by atoms with Gasteiger partial charge in [0.15, 0.2) is 6.61 Å².